The van der Waals surface area contributed by atoms with E-state index in [0.29, 0.717) is 42.0 Å². The van der Waals surface area contributed by atoms with Crippen LogP contribution in [0.15, 0.2) is 23.0 Å². The van der Waals surface area contributed by atoms with Crippen molar-refractivity contribution in [1.82, 2.24) is 14.9 Å². The van der Waals surface area contributed by atoms with E-state index in [-0.39, 0.29) is 11.3 Å². The number of nitrogens with zero attached hydrogens (tertiary/aromatic N) is 1. The first-order chi connectivity index (χ1) is 10.0. The molecule has 0 radical (unpaired) electrons. The van der Waals surface area contributed by atoms with Crippen LogP contribution in [0, 0.1) is 10.6 Å². The molecule has 1 aromatic carbocycles. The molecule has 110 valence electrons. The van der Waals surface area contributed by atoms with Crippen molar-refractivity contribution in [2.75, 3.05) is 6.54 Å². The molecular weight excluding hydrogens is 293 g/mol. The summed E-state index contributed by atoms with van der Waals surface area (Å²) in [6, 6.07) is 4.48. The van der Waals surface area contributed by atoms with Gasteiger partial charge in [0.15, 0.2) is 16.3 Å². The third-order valence-corrected chi connectivity index (χ3v) is 3.86. The number of aromatic nitrogens is 2. The lowest BCUT2D eigenvalue weighted by atomic mass is 10.1. The maximum atomic E-state index is 13.3. The van der Waals surface area contributed by atoms with Gasteiger partial charge in [-0.1, -0.05) is 12.1 Å². The van der Waals surface area contributed by atoms with Crippen molar-refractivity contribution in [2.45, 2.75) is 19.5 Å². The van der Waals surface area contributed by atoms with E-state index in [1.165, 1.54) is 6.07 Å². The third-order valence-electron chi connectivity index (χ3n) is 3.65. The smallest absolute Gasteiger partial charge is 0.255 e. The second-order valence-corrected chi connectivity index (χ2v) is 5.48. The minimum atomic E-state index is -0.624. The Balaban J connectivity index is 1.85. The number of fused-ring (bicyclic) bond motifs is 1. The molecule has 3 rings (SSSR count). The predicted octanol–water partition coefficient (Wildman–Crippen LogP) is 1.84. The van der Waals surface area contributed by atoms with E-state index in [1.807, 2.05) is 4.90 Å². The first-order valence-corrected chi connectivity index (χ1v) is 6.98. The number of phenols is 1. The van der Waals surface area contributed by atoms with Gasteiger partial charge in [0.1, 0.15) is 0 Å². The van der Waals surface area contributed by atoms with E-state index in [2.05, 4.69) is 9.97 Å². The second kappa shape index (κ2) is 5.42. The third kappa shape index (κ3) is 2.74. The fraction of sp³-hybridized carbons (Fsp3) is 0.286. The molecule has 21 heavy (non-hydrogen) atoms. The van der Waals surface area contributed by atoms with Crippen molar-refractivity contribution in [3.63, 3.8) is 0 Å². The van der Waals surface area contributed by atoms with Crippen molar-refractivity contribution < 1.29 is 9.50 Å². The monoisotopic (exact) mass is 307 g/mol. The summed E-state index contributed by atoms with van der Waals surface area (Å²) >= 11 is 4.97. The molecule has 1 aliphatic heterocycles. The van der Waals surface area contributed by atoms with E-state index in [9.17, 15) is 14.3 Å². The van der Waals surface area contributed by atoms with Crippen LogP contribution >= 0.6 is 12.2 Å². The quantitative estimate of drug-likeness (QED) is 0.740. The lowest BCUT2D eigenvalue weighted by Gasteiger charge is -2.28. The Hall–Kier alpha value is -1.99. The number of para-hydroxylation sites is 1. The van der Waals surface area contributed by atoms with Gasteiger partial charge in [0.2, 0.25) is 0 Å². The maximum Gasteiger partial charge on any atom is 0.255 e. The molecule has 0 atom stereocenters. The molecule has 3 N–H and O–H groups in total. The zero-order valence-corrected chi connectivity index (χ0v) is 12.0. The summed E-state index contributed by atoms with van der Waals surface area (Å²) in [7, 11) is 0. The summed E-state index contributed by atoms with van der Waals surface area (Å²) in [6.45, 7) is 1.59. The van der Waals surface area contributed by atoms with Crippen molar-refractivity contribution in [1.29, 1.82) is 0 Å². The Kier molecular flexibility index (Phi) is 3.60. The first kappa shape index (κ1) is 14.0. The largest absolute Gasteiger partial charge is 0.505 e. The number of benzene rings is 1. The van der Waals surface area contributed by atoms with Crippen molar-refractivity contribution in [3.8, 4) is 5.75 Å². The molecule has 7 heteroatoms. The standard InChI is InChI=1S/C14H14FN3O2S/c15-10-3-1-2-8(12(10)19)6-18-5-4-9-11(7-18)16-14(21)17-13(9)20/h1-3,19H,4-7H2,(H2,16,17,20,21). The van der Waals surface area contributed by atoms with Gasteiger partial charge in [-0.05, 0) is 24.7 Å². The molecule has 0 saturated heterocycles. The molecule has 1 aromatic heterocycles. The minimum Gasteiger partial charge on any atom is -0.505 e. The van der Waals surface area contributed by atoms with Crippen molar-refractivity contribution in [2.24, 2.45) is 0 Å². The van der Waals surface area contributed by atoms with E-state index >= 15 is 0 Å². The fourth-order valence-corrected chi connectivity index (χ4v) is 2.81. The predicted molar refractivity (Wildman–Crippen MR) is 78.1 cm³/mol. The number of H-pyrrole nitrogens is 2. The van der Waals surface area contributed by atoms with Crippen LogP contribution in [0.2, 0.25) is 0 Å². The van der Waals surface area contributed by atoms with Crippen LogP contribution in [0.4, 0.5) is 4.39 Å². The van der Waals surface area contributed by atoms with Crippen molar-refractivity contribution >= 4 is 12.2 Å². The van der Waals surface area contributed by atoms with Crippen LogP contribution in [-0.4, -0.2) is 26.5 Å². The maximum absolute atomic E-state index is 13.3. The average molecular weight is 307 g/mol. The van der Waals surface area contributed by atoms with Gasteiger partial charge >= 0.3 is 0 Å². The molecule has 0 aliphatic carbocycles. The van der Waals surface area contributed by atoms with Gasteiger partial charge in [0, 0.05) is 36.5 Å². The van der Waals surface area contributed by atoms with E-state index in [4.69, 9.17) is 12.2 Å². The molecule has 1 aliphatic rings. The van der Waals surface area contributed by atoms with Crippen LogP contribution < -0.4 is 5.56 Å². The van der Waals surface area contributed by atoms with E-state index in [1.54, 1.807) is 12.1 Å². The molecular formula is C14H14FN3O2S. The van der Waals surface area contributed by atoms with Crippen LogP contribution in [0.25, 0.3) is 0 Å². The summed E-state index contributed by atoms with van der Waals surface area (Å²) in [6.07, 6.45) is 0.590. The SMILES string of the molecule is O=c1[nH]c(=S)[nH]c2c1CCN(Cc1cccc(F)c1O)C2. The zero-order chi connectivity index (χ0) is 15.0. The zero-order valence-electron chi connectivity index (χ0n) is 11.1. The summed E-state index contributed by atoms with van der Waals surface area (Å²) in [4.78, 5) is 19.4. The summed E-state index contributed by atoms with van der Waals surface area (Å²) in [5, 5.41) is 9.73. The highest BCUT2D eigenvalue weighted by molar-refractivity contribution is 7.71. The molecule has 0 bridgehead atoms. The lowest BCUT2D eigenvalue weighted by molar-refractivity contribution is 0.236. The van der Waals surface area contributed by atoms with Gasteiger partial charge < -0.3 is 10.1 Å². The number of hydrogen-bond donors (Lipinski definition) is 3. The molecule has 2 heterocycles. The summed E-state index contributed by atoms with van der Waals surface area (Å²) < 4.78 is 13.6. The number of phenolic OH excluding ortho intramolecular Hbond substituents is 1. The molecule has 0 spiro atoms. The van der Waals surface area contributed by atoms with Gasteiger partial charge in [-0.3, -0.25) is 14.7 Å². The highest BCUT2D eigenvalue weighted by atomic mass is 32.1. The molecule has 0 fully saturated rings. The van der Waals surface area contributed by atoms with Crippen LogP contribution in [0.3, 0.4) is 0 Å². The first-order valence-electron chi connectivity index (χ1n) is 6.57. The molecule has 0 saturated carbocycles. The second-order valence-electron chi connectivity index (χ2n) is 5.07. The Labute approximate surface area is 125 Å². The Bertz CT molecular complexity index is 800. The molecule has 2 aromatic rings. The van der Waals surface area contributed by atoms with Gasteiger partial charge in [0.25, 0.3) is 5.56 Å². The van der Waals surface area contributed by atoms with Gasteiger partial charge in [0.05, 0.1) is 0 Å². The molecule has 0 unspecified atom stereocenters. The van der Waals surface area contributed by atoms with E-state index < -0.39 is 5.82 Å². The summed E-state index contributed by atoms with van der Waals surface area (Å²) in [5.74, 6) is -0.942. The van der Waals surface area contributed by atoms with Crippen LogP contribution in [0.1, 0.15) is 16.8 Å². The Morgan fingerprint density at radius 2 is 2.19 bits per heavy atom. The molecule has 0 amide bonds. The minimum absolute atomic E-state index is 0.151. The normalized spacial score (nSPS) is 14.9. The van der Waals surface area contributed by atoms with Gasteiger partial charge in [-0.2, -0.15) is 0 Å². The number of aromatic hydroxyl groups is 1. The number of halogens is 1. The molecule has 5 nitrogen and oxygen atoms in total. The van der Waals surface area contributed by atoms with Gasteiger partial charge in [-0.15, -0.1) is 0 Å². The highest BCUT2D eigenvalue weighted by Gasteiger charge is 2.20. The average Bonchev–Trinajstić information content (AvgIpc) is 2.43. The van der Waals surface area contributed by atoms with Gasteiger partial charge in [-0.25, -0.2) is 4.39 Å². The number of rotatable bonds is 2. The highest BCUT2D eigenvalue weighted by Crippen LogP contribution is 2.24. The Morgan fingerprint density at radius 1 is 1.38 bits per heavy atom. The summed E-state index contributed by atoms with van der Waals surface area (Å²) in [5.41, 5.74) is 1.87. The van der Waals surface area contributed by atoms with E-state index in [0.717, 1.165) is 5.69 Å². The topological polar surface area (TPSA) is 72.1 Å². The van der Waals surface area contributed by atoms with Crippen molar-refractivity contribution in [3.05, 3.63) is 56.0 Å². The number of hydrogen-bond acceptors (Lipinski definition) is 4. The fourth-order valence-electron chi connectivity index (χ4n) is 2.59. The lowest BCUT2D eigenvalue weighted by Crippen LogP contribution is -2.34. The Morgan fingerprint density at radius 3 is 3.00 bits per heavy atom. The van der Waals surface area contributed by atoms with Crippen LogP contribution in [0.5, 0.6) is 5.75 Å². The number of aromatic amines is 2. The number of nitrogens with one attached hydrogen (secondary N) is 2. The van der Waals surface area contributed by atoms with Crippen LogP contribution in [-0.2, 0) is 19.5 Å².